The van der Waals surface area contributed by atoms with Gasteiger partial charge in [0, 0.05) is 23.1 Å². The molecule has 0 unspecified atom stereocenters. The molecule has 0 saturated heterocycles. The lowest BCUT2D eigenvalue weighted by Crippen LogP contribution is -2.32. The summed E-state index contributed by atoms with van der Waals surface area (Å²) in [6, 6.07) is 0. The summed E-state index contributed by atoms with van der Waals surface area (Å²) in [4.78, 5) is 9.56. The van der Waals surface area contributed by atoms with Gasteiger partial charge in [0.25, 0.3) is 0 Å². The predicted octanol–water partition coefficient (Wildman–Crippen LogP) is 4.26. The molecule has 2 rings (SSSR count). The van der Waals surface area contributed by atoms with Crippen molar-refractivity contribution in [2.24, 2.45) is 0 Å². The Balaban J connectivity index is 2.40. The summed E-state index contributed by atoms with van der Waals surface area (Å²) in [5, 5.41) is 7.08. The van der Waals surface area contributed by atoms with Crippen molar-refractivity contribution >= 4 is 11.6 Å². The fourth-order valence-electron chi connectivity index (χ4n) is 2.88. The molecule has 0 radical (unpaired) electrons. The Morgan fingerprint density at radius 3 is 2.19 bits per heavy atom. The Morgan fingerprint density at radius 2 is 1.67 bits per heavy atom. The number of aromatic nitrogens is 2. The number of nitrogens with zero attached hydrogens (tertiary/aromatic N) is 2. The Labute approximate surface area is 129 Å². The highest BCUT2D eigenvalue weighted by Gasteiger charge is 2.30. The highest BCUT2D eigenvalue weighted by molar-refractivity contribution is 5.58. The van der Waals surface area contributed by atoms with Crippen LogP contribution >= 0.6 is 0 Å². The van der Waals surface area contributed by atoms with Gasteiger partial charge < -0.3 is 10.6 Å². The number of nitrogens with one attached hydrogen (secondary N) is 2. The molecule has 0 aliphatic heterocycles. The van der Waals surface area contributed by atoms with E-state index in [1.54, 1.807) is 0 Å². The van der Waals surface area contributed by atoms with E-state index in [1.807, 2.05) is 0 Å². The van der Waals surface area contributed by atoms with Gasteiger partial charge >= 0.3 is 0 Å². The lowest BCUT2D eigenvalue weighted by molar-refractivity contribution is 0.521. The Kier molecular flexibility index (Phi) is 4.45. The molecule has 1 aliphatic rings. The van der Waals surface area contributed by atoms with Gasteiger partial charge in [-0.1, -0.05) is 33.6 Å². The van der Waals surface area contributed by atoms with Crippen LogP contribution < -0.4 is 10.6 Å². The molecule has 1 aliphatic carbocycles. The van der Waals surface area contributed by atoms with Gasteiger partial charge in [-0.3, -0.25) is 0 Å². The lowest BCUT2D eigenvalue weighted by atomic mass is 9.95. The molecule has 1 fully saturated rings. The second-order valence-corrected chi connectivity index (χ2v) is 7.54. The number of hydrogen-bond acceptors (Lipinski definition) is 4. The van der Waals surface area contributed by atoms with Crippen molar-refractivity contribution < 1.29 is 0 Å². The number of rotatable bonds is 4. The molecule has 0 amide bonds. The van der Waals surface area contributed by atoms with Crippen molar-refractivity contribution in [3.63, 3.8) is 0 Å². The molecule has 0 bridgehead atoms. The summed E-state index contributed by atoms with van der Waals surface area (Å²) in [6.45, 7) is 13.9. The van der Waals surface area contributed by atoms with E-state index in [-0.39, 0.29) is 11.0 Å². The van der Waals surface area contributed by atoms with E-state index in [0.29, 0.717) is 0 Å². The van der Waals surface area contributed by atoms with Gasteiger partial charge in [-0.15, -0.1) is 0 Å². The minimum atomic E-state index is -0.0507. The molecule has 2 N–H and O–H groups in total. The summed E-state index contributed by atoms with van der Waals surface area (Å²) < 4.78 is 0. The predicted molar refractivity (Wildman–Crippen MR) is 90.1 cm³/mol. The average molecular weight is 290 g/mol. The summed E-state index contributed by atoms with van der Waals surface area (Å²) in [7, 11) is 0. The van der Waals surface area contributed by atoms with E-state index >= 15 is 0 Å². The van der Waals surface area contributed by atoms with Crippen LogP contribution in [0.5, 0.6) is 0 Å². The van der Waals surface area contributed by atoms with E-state index < -0.39 is 0 Å². The molecule has 1 aromatic rings. The topological polar surface area (TPSA) is 49.8 Å². The van der Waals surface area contributed by atoms with Crippen LogP contribution in [0.25, 0.3) is 0 Å². The minimum absolute atomic E-state index is 0.0507. The molecule has 1 heterocycles. The van der Waals surface area contributed by atoms with Crippen molar-refractivity contribution in [3.05, 3.63) is 11.4 Å². The van der Waals surface area contributed by atoms with Crippen molar-refractivity contribution in [1.29, 1.82) is 0 Å². The van der Waals surface area contributed by atoms with Gasteiger partial charge in [-0.2, -0.15) is 0 Å². The molecule has 1 saturated carbocycles. The monoisotopic (exact) mass is 290 g/mol. The van der Waals surface area contributed by atoms with Crippen LogP contribution in [-0.2, 0) is 5.41 Å². The third-order valence-electron chi connectivity index (χ3n) is 4.29. The highest BCUT2D eigenvalue weighted by Crippen LogP contribution is 2.34. The minimum Gasteiger partial charge on any atom is -0.370 e. The Morgan fingerprint density at radius 1 is 1.10 bits per heavy atom. The van der Waals surface area contributed by atoms with Crippen molar-refractivity contribution in [3.8, 4) is 0 Å². The summed E-state index contributed by atoms with van der Waals surface area (Å²) >= 11 is 0. The largest absolute Gasteiger partial charge is 0.370 e. The fraction of sp³-hybridized carbons (Fsp3) is 0.765. The number of hydrogen-bond donors (Lipinski definition) is 2. The van der Waals surface area contributed by atoms with E-state index in [9.17, 15) is 0 Å². The maximum absolute atomic E-state index is 4.83. The van der Waals surface area contributed by atoms with Crippen LogP contribution in [-0.4, -0.2) is 22.1 Å². The van der Waals surface area contributed by atoms with Crippen LogP contribution in [0.15, 0.2) is 0 Å². The van der Waals surface area contributed by atoms with Gasteiger partial charge in [-0.25, -0.2) is 9.97 Å². The molecule has 21 heavy (non-hydrogen) atoms. The molecule has 0 aromatic carbocycles. The van der Waals surface area contributed by atoms with Crippen molar-refractivity contribution in [2.75, 3.05) is 17.2 Å². The smallest absolute Gasteiger partial charge is 0.138 e. The SMILES string of the molecule is CCNc1nc(C(C)(C)C)nc(NC2(C)CCCC2)c1C. The first-order valence-corrected chi connectivity index (χ1v) is 8.16. The second kappa shape index (κ2) is 5.82. The van der Waals surface area contributed by atoms with Gasteiger partial charge in [-0.05, 0) is 33.6 Å². The van der Waals surface area contributed by atoms with Gasteiger partial charge in [0.15, 0.2) is 0 Å². The van der Waals surface area contributed by atoms with Crippen molar-refractivity contribution in [1.82, 2.24) is 9.97 Å². The zero-order valence-corrected chi connectivity index (χ0v) is 14.4. The molecule has 4 nitrogen and oxygen atoms in total. The van der Waals surface area contributed by atoms with E-state index in [4.69, 9.17) is 9.97 Å². The van der Waals surface area contributed by atoms with Crippen LogP contribution in [0, 0.1) is 6.92 Å². The first-order valence-electron chi connectivity index (χ1n) is 8.16. The zero-order valence-electron chi connectivity index (χ0n) is 14.4. The third-order valence-corrected chi connectivity index (χ3v) is 4.29. The molecular weight excluding hydrogens is 260 g/mol. The Bertz CT molecular complexity index is 496. The summed E-state index contributed by atoms with van der Waals surface area (Å²) in [5.74, 6) is 2.85. The molecule has 118 valence electrons. The van der Waals surface area contributed by atoms with Crippen LogP contribution in [0.3, 0.4) is 0 Å². The molecule has 1 aromatic heterocycles. The van der Waals surface area contributed by atoms with Crippen LogP contribution in [0.1, 0.15) is 71.7 Å². The van der Waals surface area contributed by atoms with Gasteiger partial charge in [0.1, 0.15) is 17.5 Å². The van der Waals surface area contributed by atoms with Gasteiger partial charge in [0.05, 0.1) is 0 Å². The maximum Gasteiger partial charge on any atom is 0.138 e. The van der Waals surface area contributed by atoms with Gasteiger partial charge in [0.2, 0.25) is 0 Å². The van der Waals surface area contributed by atoms with Crippen LogP contribution in [0.2, 0.25) is 0 Å². The fourth-order valence-corrected chi connectivity index (χ4v) is 2.88. The lowest BCUT2D eigenvalue weighted by Gasteiger charge is -2.29. The zero-order chi connectivity index (χ0) is 15.7. The second-order valence-electron chi connectivity index (χ2n) is 7.54. The molecule has 0 spiro atoms. The third kappa shape index (κ3) is 3.66. The molecular formula is C17H30N4. The normalized spacial score (nSPS) is 17.8. The maximum atomic E-state index is 4.83. The quantitative estimate of drug-likeness (QED) is 0.870. The standard InChI is InChI=1S/C17H30N4/c1-7-18-13-12(2)14(20-15(19-13)16(3,4)5)21-17(6)10-8-9-11-17/h7-11H2,1-6H3,(H2,18,19,20,21). The highest BCUT2D eigenvalue weighted by atomic mass is 15.1. The first kappa shape index (κ1) is 16.1. The number of anilines is 2. The summed E-state index contributed by atoms with van der Waals surface area (Å²) in [6.07, 6.45) is 5.05. The van der Waals surface area contributed by atoms with E-state index in [0.717, 1.165) is 29.6 Å². The molecule has 0 atom stereocenters. The summed E-state index contributed by atoms with van der Waals surface area (Å²) in [5.41, 5.74) is 1.25. The first-order chi connectivity index (χ1) is 9.75. The average Bonchev–Trinajstić information content (AvgIpc) is 2.80. The van der Waals surface area contributed by atoms with E-state index in [1.165, 1.54) is 25.7 Å². The van der Waals surface area contributed by atoms with Crippen molar-refractivity contribution in [2.45, 2.75) is 78.2 Å². The molecule has 4 heteroatoms. The Hall–Kier alpha value is -1.32. The van der Waals surface area contributed by atoms with Crippen LogP contribution in [0.4, 0.5) is 11.6 Å². The van der Waals surface area contributed by atoms with E-state index in [2.05, 4.69) is 52.2 Å².